The lowest BCUT2D eigenvalue weighted by Crippen LogP contribution is -2.60. The molecule has 2 aromatic rings. The second kappa shape index (κ2) is 8.41. The van der Waals surface area contributed by atoms with Crippen molar-refractivity contribution in [2.75, 3.05) is 31.6 Å². The predicted octanol–water partition coefficient (Wildman–Crippen LogP) is 2.05. The number of alkyl halides is 3. The van der Waals surface area contributed by atoms with E-state index in [1.54, 1.807) is 23.1 Å². The molecule has 1 atom stereocenters. The van der Waals surface area contributed by atoms with Gasteiger partial charge in [-0.05, 0) is 30.3 Å². The number of piperazine rings is 1. The molecule has 0 bridgehead atoms. The molecule has 0 aliphatic carbocycles. The van der Waals surface area contributed by atoms with Crippen molar-refractivity contribution in [2.24, 2.45) is 0 Å². The number of pyridine rings is 1. The predicted molar refractivity (Wildman–Crippen MR) is 102 cm³/mol. The van der Waals surface area contributed by atoms with Gasteiger partial charge in [0.25, 0.3) is 5.91 Å². The van der Waals surface area contributed by atoms with Gasteiger partial charge < -0.3 is 15.1 Å². The number of amides is 2. The van der Waals surface area contributed by atoms with E-state index in [-0.39, 0.29) is 31.0 Å². The van der Waals surface area contributed by atoms with Crippen molar-refractivity contribution in [3.63, 3.8) is 0 Å². The number of hydrogen-bond acceptors (Lipinski definition) is 5. The zero-order chi connectivity index (χ0) is 21.9. The van der Waals surface area contributed by atoms with Crippen molar-refractivity contribution in [3.8, 4) is 6.07 Å². The first-order valence-electron chi connectivity index (χ1n) is 9.06. The van der Waals surface area contributed by atoms with Gasteiger partial charge in [-0.2, -0.15) is 18.4 Å². The highest BCUT2D eigenvalue weighted by Gasteiger charge is 2.38. The van der Waals surface area contributed by atoms with Crippen LogP contribution in [0.15, 0.2) is 42.6 Å². The van der Waals surface area contributed by atoms with Gasteiger partial charge in [-0.3, -0.25) is 14.6 Å². The Hall–Kier alpha value is -3.61. The summed E-state index contributed by atoms with van der Waals surface area (Å²) >= 11 is 0. The van der Waals surface area contributed by atoms with Gasteiger partial charge in [-0.25, -0.2) is 0 Å². The highest BCUT2D eigenvalue weighted by Crippen LogP contribution is 2.35. The first-order chi connectivity index (χ1) is 14.3. The van der Waals surface area contributed by atoms with E-state index in [0.717, 1.165) is 12.1 Å². The van der Waals surface area contributed by atoms with E-state index in [9.17, 15) is 22.8 Å². The molecular weight excluding hydrogens is 399 g/mol. The monoisotopic (exact) mass is 417 g/mol. The van der Waals surface area contributed by atoms with Gasteiger partial charge in [0.2, 0.25) is 5.91 Å². The number of nitrogens with one attached hydrogen (secondary N) is 1. The molecule has 2 heterocycles. The average molecular weight is 417 g/mol. The Morgan fingerprint density at radius 2 is 2.00 bits per heavy atom. The summed E-state index contributed by atoms with van der Waals surface area (Å²) in [7, 11) is 1.42. The number of rotatable bonds is 3. The minimum Gasteiger partial charge on any atom is -0.367 e. The largest absolute Gasteiger partial charge is 0.417 e. The fourth-order valence-electron chi connectivity index (χ4n) is 3.35. The maximum absolute atomic E-state index is 13.3. The van der Waals surface area contributed by atoms with Gasteiger partial charge in [-0.15, -0.1) is 0 Å². The van der Waals surface area contributed by atoms with E-state index >= 15 is 0 Å². The average Bonchev–Trinajstić information content (AvgIpc) is 2.77. The third kappa shape index (κ3) is 4.20. The Morgan fingerprint density at radius 1 is 1.23 bits per heavy atom. The van der Waals surface area contributed by atoms with E-state index < -0.39 is 35.2 Å². The number of aromatic nitrogens is 1. The fourth-order valence-corrected chi connectivity index (χ4v) is 3.35. The quantitative estimate of drug-likeness (QED) is 0.826. The summed E-state index contributed by atoms with van der Waals surface area (Å²) in [5.74, 6) is -0.867. The standard InChI is InChI=1S/C20H18F3N5O2/c1-25-18(29)17-12-27(8-9-28(17)19(30)16-4-2-3-7-26-16)14-6-5-13(11-24)15(10-14)20(21,22)23/h2-7,10,17H,8-9,12H2,1H3,(H,25,29). The van der Waals surface area contributed by atoms with Crippen LogP contribution >= 0.6 is 0 Å². The topological polar surface area (TPSA) is 89.3 Å². The Balaban J connectivity index is 1.90. The number of hydrogen-bond donors (Lipinski definition) is 1. The van der Waals surface area contributed by atoms with Crippen molar-refractivity contribution in [3.05, 3.63) is 59.4 Å². The molecule has 1 saturated heterocycles. The molecule has 1 aromatic carbocycles. The Labute approximate surface area is 170 Å². The minimum atomic E-state index is -4.68. The van der Waals surface area contributed by atoms with Crippen molar-refractivity contribution in [1.82, 2.24) is 15.2 Å². The van der Waals surface area contributed by atoms with Crippen LogP contribution in [0.4, 0.5) is 18.9 Å². The summed E-state index contributed by atoms with van der Waals surface area (Å²) in [5, 5.41) is 11.5. The Morgan fingerprint density at radius 3 is 2.60 bits per heavy atom. The molecule has 0 saturated carbocycles. The number of likely N-dealkylation sites (N-methyl/N-ethyl adjacent to an activating group) is 1. The molecule has 30 heavy (non-hydrogen) atoms. The van der Waals surface area contributed by atoms with E-state index in [2.05, 4.69) is 10.3 Å². The summed E-state index contributed by atoms with van der Waals surface area (Å²) in [4.78, 5) is 32.2. The molecule has 1 N–H and O–H groups in total. The van der Waals surface area contributed by atoms with Crippen LogP contribution in [0.3, 0.4) is 0 Å². The van der Waals surface area contributed by atoms with Crippen LogP contribution in [0, 0.1) is 11.3 Å². The molecule has 1 aliphatic heterocycles. The first-order valence-corrected chi connectivity index (χ1v) is 9.06. The second-order valence-corrected chi connectivity index (χ2v) is 6.63. The third-order valence-corrected chi connectivity index (χ3v) is 4.87. The molecule has 3 rings (SSSR count). The van der Waals surface area contributed by atoms with Gasteiger partial charge in [0.15, 0.2) is 0 Å². The molecule has 2 amide bonds. The zero-order valence-electron chi connectivity index (χ0n) is 16.0. The van der Waals surface area contributed by atoms with Crippen molar-refractivity contribution >= 4 is 17.5 Å². The molecular formula is C20H18F3N5O2. The van der Waals surface area contributed by atoms with Crippen LogP contribution in [0.5, 0.6) is 0 Å². The van der Waals surface area contributed by atoms with Crippen LogP contribution in [-0.4, -0.2) is 54.4 Å². The molecule has 7 nitrogen and oxygen atoms in total. The number of nitrogens with zero attached hydrogens (tertiary/aromatic N) is 4. The normalized spacial score (nSPS) is 16.7. The number of carbonyl (C=O) groups excluding carboxylic acids is 2. The number of halogens is 3. The first kappa shape index (κ1) is 21.1. The Bertz CT molecular complexity index is 988. The highest BCUT2D eigenvalue weighted by molar-refractivity contribution is 5.96. The van der Waals surface area contributed by atoms with Crippen LogP contribution in [0.1, 0.15) is 21.6 Å². The van der Waals surface area contributed by atoms with E-state index in [1.807, 2.05) is 0 Å². The second-order valence-electron chi connectivity index (χ2n) is 6.63. The Kier molecular flexibility index (Phi) is 5.91. The van der Waals surface area contributed by atoms with Gasteiger partial charge >= 0.3 is 6.18 Å². The summed E-state index contributed by atoms with van der Waals surface area (Å²) in [6.07, 6.45) is -3.22. The van der Waals surface area contributed by atoms with Crippen LogP contribution in [0.25, 0.3) is 0 Å². The SMILES string of the molecule is CNC(=O)C1CN(c2ccc(C#N)c(C(F)(F)F)c2)CCN1C(=O)c1ccccn1. The molecule has 1 aromatic heterocycles. The smallest absolute Gasteiger partial charge is 0.367 e. The number of carbonyl (C=O) groups is 2. The lowest BCUT2D eigenvalue weighted by Gasteiger charge is -2.41. The summed E-state index contributed by atoms with van der Waals surface area (Å²) < 4.78 is 39.9. The van der Waals surface area contributed by atoms with Crippen molar-refractivity contribution in [2.45, 2.75) is 12.2 Å². The molecule has 156 valence electrons. The van der Waals surface area contributed by atoms with Gasteiger partial charge in [-0.1, -0.05) is 6.07 Å². The van der Waals surface area contributed by atoms with Gasteiger partial charge in [0, 0.05) is 38.6 Å². The van der Waals surface area contributed by atoms with Gasteiger partial charge in [0.05, 0.1) is 17.2 Å². The van der Waals surface area contributed by atoms with Gasteiger partial charge in [0.1, 0.15) is 11.7 Å². The third-order valence-electron chi connectivity index (χ3n) is 4.87. The maximum atomic E-state index is 13.3. The van der Waals surface area contributed by atoms with E-state index in [4.69, 9.17) is 5.26 Å². The van der Waals surface area contributed by atoms with Crippen LogP contribution in [0.2, 0.25) is 0 Å². The van der Waals surface area contributed by atoms with Crippen LogP contribution < -0.4 is 10.2 Å². The molecule has 0 radical (unpaired) electrons. The number of nitriles is 1. The number of benzene rings is 1. The van der Waals surface area contributed by atoms with E-state index in [0.29, 0.717) is 0 Å². The minimum absolute atomic E-state index is 0.00143. The summed E-state index contributed by atoms with van der Waals surface area (Å²) in [5.41, 5.74) is -1.11. The fraction of sp³-hybridized carbons (Fsp3) is 0.300. The molecule has 1 aliphatic rings. The van der Waals surface area contributed by atoms with Crippen LogP contribution in [-0.2, 0) is 11.0 Å². The summed E-state index contributed by atoms with van der Waals surface area (Å²) in [6.45, 7) is 0.339. The lowest BCUT2D eigenvalue weighted by atomic mass is 10.0. The summed E-state index contributed by atoms with van der Waals surface area (Å²) in [6, 6.07) is 8.90. The lowest BCUT2D eigenvalue weighted by molar-refractivity contribution is -0.137. The highest BCUT2D eigenvalue weighted by atomic mass is 19.4. The maximum Gasteiger partial charge on any atom is 0.417 e. The van der Waals surface area contributed by atoms with Crippen molar-refractivity contribution < 1.29 is 22.8 Å². The molecule has 10 heteroatoms. The van der Waals surface area contributed by atoms with Crippen molar-refractivity contribution in [1.29, 1.82) is 5.26 Å². The molecule has 0 spiro atoms. The zero-order valence-corrected chi connectivity index (χ0v) is 16.0. The number of anilines is 1. The molecule has 1 fully saturated rings. The van der Waals surface area contributed by atoms with E-state index in [1.165, 1.54) is 30.3 Å². The molecule has 1 unspecified atom stereocenters.